The van der Waals surface area contributed by atoms with E-state index in [1.165, 1.54) is 31.4 Å². The maximum Gasteiger partial charge on any atom is 0.416 e. The Bertz CT molecular complexity index is 539. The molecule has 2 saturated carbocycles. The Hall–Kier alpha value is -1.07. The zero-order chi connectivity index (χ0) is 16.6. The predicted molar refractivity (Wildman–Crippen MR) is 85.2 cm³/mol. The summed E-state index contributed by atoms with van der Waals surface area (Å²) < 4.78 is 38.8. The van der Waals surface area contributed by atoms with Crippen molar-refractivity contribution < 1.29 is 13.2 Å². The topological polar surface area (TPSA) is 29.3 Å². The molecule has 0 bridgehead atoms. The van der Waals surface area contributed by atoms with E-state index in [2.05, 4.69) is 11.9 Å². The van der Waals surface area contributed by atoms with Gasteiger partial charge in [0.25, 0.3) is 0 Å². The van der Waals surface area contributed by atoms with Crippen LogP contribution >= 0.6 is 0 Å². The first-order valence-electron chi connectivity index (χ1n) is 8.51. The van der Waals surface area contributed by atoms with Gasteiger partial charge in [-0.3, -0.25) is 4.90 Å². The van der Waals surface area contributed by atoms with Crippen LogP contribution in [0, 0.1) is 0 Å². The van der Waals surface area contributed by atoms with Crippen LogP contribution in [0.4, 0.5) is 13.2 Å². The van der Waals surface area contributed by atoms with Gasteiger partial charge in [0.2, 0.25) is 0 Å². The van der Waals surface area contributed by atoms with Crippen LogP contribution in [0.25, 0.3) is 0 Å². The number of halogens is 3. The molecule has 0 spiro atoms. The maximum atomic E-state index is 12.9. The summed E-state index contributed by atoms with van der Waals surface area (Å²) in [6, 6.07) is 6.83. The highest BCUT2D eigenvalue weighted by molar-refractivity contribution is 5.29. The molecule has 5 heteroatoms. The van der Waals surface area contributed by atoms with E-state index >= 15 is 0 Å². The van der Waals surface area contributed by atoms with E-state index in [1.54, 1.807) is 0 Å². The second-order valence-corrected chi connectivity index (χ2v) is 7.11. The van der Waals surface area contributed by atoms with Crippen LogP contribution in [0.2, 0.25) is 0 Å². The Kier molecular flexibility index (Phi) is 4.70. The summed E-state index contributed by atoms with van der Waals surface area (Å²) in [4.78, 5) is 2.38. The molecule has 128 valence electrons. The lowest BCUT2D eigenvalue weighted by Crippen LogP contribution is -2.54. The zero-order valence-electron chi connectivity index (χ0n) is 13.5. The summed E-state index contributed by atoms with van der Waals surface area (Å²) in [5.74, 6) is 0.171. The third-order valence-corrected chi connectivity index (χ3v) is 5.73. The lowest BCUT2D eigenvalue weighted by Gasteiger charge is -2.46. The van der Waals surface area contributed by atoms with E-state index in [4.69, 9.17) is 5.73 Å². The highest BCUT2D eigenvalue weighted by Crippen LogP contribution is 2.39. The number of benzene rings is 1. The van der Waals surface area contributed by atoms with Gasteiger partial charge in [0.15, 0.2) is 0 Å². The Morgan fingerprint density at radius 1 is 1.13 bits per heavy atom. The van der Waals surface area contributed by atoms with Gasteiger partial charge in [-0.25, -0.2) is 0 Å². The van der Waals surface area contributed by atoms with Gasteiger partial charge in [0.05, 0.1) is 5.56 Å². The van der Waals surface area contributed by atoms with E-state index in [0.29, 0.717) is 6.04 Å². The minimum absolute atomic E-state index is 0.127. The van der Waals surface area contributed by atoms with Crippen molar-refractivity contribution in [2.24, 2.45) is 5.73 Å². The molecule has 2 nitrogen and oxygen atoms in total. The van der Waals surface area contributed by atoms with Gasteiger partial charge in [-0.1, -0.05) is 24.6 Å². The number of nitrogens with zero attached hydrogens (tertiary/aromatic N) is 1. The van der Waals surface area contributed by atoms with Crippen LogP contribution in [-0.2, 0) is 6.18 Å². The van der Waals surface area contributed by atoms with Crippen molar-refractivity contribution in [1.29, 1.82) is 0 Å². The molecule has 0 radical (unpaired) electrons. The number of hydrogen-bond acceptors (Lipinski definition) is 2. The van der Waals surface area contributed by atoms with Gasteiger partial charge < -0.3 is 5.73 Å². The van der Waals surface area contributed by atoms with E-state index < -0.39 is 11.7 Å². The molecule has 2 aliphatic rings. The van der Waals surface area contributed by atoms with Gasteiger partial charge in [-0.05, 0) is 56.7 Å². The fourth-order valence-electron chi connectivity index (χ4n) is 3.97. The average molecular weight is 326 g/mol. The molecule has 0 amide bonds. The van der Waals surface area contributed by atoms with Crippen LogP contribution in [-0.4, -0.2) is 30.1 Å². The second-order valence-electron chi connectivity index (χ2n) is 7.11. The second kappa shape index (κ2) is 6.44. The molecule has 1 aromatic rings. The zero-order valence-corrected chi connectivity index (χ0v) is 13.5. The molecule has 0 saturated heterocycles. The summed E-state index contributed by atoms with van der Waals surface area (Å²) in [5, 5.41) is 0. The number of alkyl halides is 3. The van der Waals surface area contributed by atoms with Crippen LogP contribution in [0.1, 0.15) is 55.6 Å². The van der Waals surface area contributed by atoms with E-state index in [0.717, 1.165) is 30.9 Å². The number of likely N-dealkylation sites (N-methyl/N-ethyl adjacent to an activating group) is 1. The molecule has 23 heavy (non-hydrogen) atoms. The molecule has 2 fully saturated rings. The van der Waals surface area contributed by atoms with E-state index in [9.17, 15) is 13.2 Å². The van der Waals surface area contributed by atoms with E-state index in [1.807, 2.05) is 6.07 Å². The SMILES string of the molecule is CN(C1CCC1)C1CC(c2cccc(C(F)(F)F)c2)CCC1N. The first kappa shape index (κ1) is 16.8. The molecular weight excluding hydrogens is 301 g/mol. The highest BCUT2D eigenvalue weighted by Gasteiger charge is 2.37. The van der Waals surface area contributed by atoms with Crippen molar-refractivity contribution in [3.05, 3.63) is 35.4 Å². The minimum atomic E-state index is -4.27. The molecule has 3 unspecified atom stereocenters. The van der Waals surface area contributed by atoms with Crippen LogP contribution in [0.3, 0.4) is 0 Å². The van der Waals surface area contributed by atoms with Crippen LogP contribution in [0.15, 0.2) is 24.3 Å². The Balaban J connectivity index is 1.75. The van der Waals surface area contributed by atoms with Gasteiger partial charge >= 0.3 is 6.18 Å². The molecular formula is C18H25F3N2. The lowest BCUT2D eigenvalue weighted by molar-refractivity contribution is -0.137. The molecule has 0 aliphatic heterocycles. The van der Waals surface area contributed by atoms with Gasteiger partial charge in [-0.2, -0.15) is 13.2 Å². The van der Waals surface area contributed by atoms with Crippen molar-refractivity contribution in [3.8, 4) is 0 Å². The molecule has 3 rings (SSSR count). The molecule has 2 N–H and O–H groups in total. The van der Waals surface area contributed by atoms with Crippen molar-refractivity contribution in [3.63, 3.8) is 0 Å². The molecule has 3 atom stereocenters. The Labute approximate surface area is 135 Å². The fourth-order valence-corrected chi connectivity index (χ4v) is 3.97. The largest absolute Gasteiger partial charge is 0.416 e. The van der Waals surface area contributed by atoms with Crippen molar-refractivity contribution in [1.82, 2.24) is 4.90 Å². The quantitative estimate of drug-likeness (QED) is 0.904. The monoisotopic (exact) mass is 326 g/mol. The first-order valence-corrected chi connectivity index (χ1v) is 8.51. The standard InChI is InChI=1S/C18H25F3N2/c1-23(15-6-3-7-15)17-11-13(8-9-16(17)22)12-4-2-5-14(10-12)18(19,20)21/h2,4-5,10,13,15-17H,3,6-9,11,22H2,1H3. The first-order chi connectivity index (χ1) is 10.9. The van der Waals surface area contributed by atoms with Gasteiger partial charge in [0, 0.05) is 18.1 Å². The predicted octanol–water partition coefficient (Wildman–Crippen LogP) is 4.15. The molecule has 2 aliphatic carbocycles. The molecule has 0 aromatic heterocycles. The number of nitrogens with two attached hydrogens (primary N) is 1. The fraction of sp³-hybridized carbons (Fsp3) is 0.667. The van der Waals surface area contributed by atoms with Gasteiger partial charge in [-0.15, -0.1) is 0 Å². The Morgan fingerprint density at radius 2 is 1.87 bits per heavy atom. The van der Waals surface area contributed by atoms with E-state index in [-0.39, 0.29) is 18.0 Å². The molecule has 1 aromatic carbocycles. The summed E-state index contributed by atoms with van der Waals surface area (Å²) in [6.45, 7) is 0. The van der Waals surface area contributed by atoms with Crippen LogP contribution in [0.5, 0.6) is 0 Å². The van der Waals surface area contributed by atoms with Crippen molar-refractivity contribution in [2.75, 3.05) is 7.05 Å². The smallest absolute Gasteiger partial charge is 0.326 e. The minimum Gasteiger partial charge on any atom is -0.326 e. The summed E-state index contributed by atoms with van der Waals surface area (Å²) >= 11 is 0. The normalized spacial score (nSPS) is 29.6. The Morgan fingerprint density at radius 3 is 2.48 bits per heavy atom. The van der Waals surface area contributed by atoms with Crippen molar-refractivity contribution >= 4 is 0 Å². The maximum absolute atomic E-state index is 12.9. The average Bonchev–Trinajstić information content (AvgIpc) is 2.45. The summed E-state index contributed by atoms with van der Waals surface area (Å²) in [6.07, 6.45) is 2.04. The number of rotatable bonds is 3. The molecule has 0 heterocycles. The third-order valence-electron chi connectivity index (χ3n) is 5.73. The summed E-state index contributed by atoms with van der Waals surface area (Å²) in [7, 11) is 2.13. The lowest BCUT2D eigenvalue weighted by atomic mass is 9.77. The van der Waals surface area contributed by atoms with Gasteiger partial charge in [0.1, 0.15) is 0 Å². The third kappa shape index (κ3) is 3.56. The van der Waals surface area contributed by atoms with Crippen molar-refractivity contribution in [2.45, 2.75) is 68.7 Å². The highest BCUT2D eigenvalue weighted by atomic mass is 19.4. The van der Waals surface area contributed by atoms with Crippen LogP contribution < -0.4 is 5.73 Å². The number of hydrogen-bond donors (Lipinski definition) is 1. The summed E-state index contributed by atoms with van der Waals surface area (Å²) in [5.41, 5.74) is 6.57.